The van der Waals surface area contributed by atoms with Crippen LogP contribution in [0, 0.1) is 13.8 Å². The lowest BCUT2D eigenvalue weighted by Gasteiger charge is -2.01. The summed E-state index contributed by atoms with van der Waals surface area (Å²) in [5.41, 5.74) is 1.01. The molecule has 0 spiro atoms. The van der Waals surface area contributed by atoms with Gasteiger partial charge in [-0.2, -0.15) is 0 Å². The van der Waals surface area contributed by atoms with E-state index in [2.05, 4.69) is 4.74 Å². The molecule has 4 heteroatoms. The van der Waals surface area contributed by atoms with E-state index in [0.717, 1.165) is 10.4 Å². The second kappa shape index (κ2) is 3.79. The average Bonchev–Trinajstić information content (AvgIpc) is 2.42. The quantitative estimate of drug-likeness (QED) is 0.686. The van der Waals surface area contributed by atoms with E-state index < -0.39 is 0 Å². The largest absolute Gasteiger partial charge is 0.495 e. The van der Waals surface area contributed by atoms with E-state index in [-0.39, 0.29) is 5.97 Å². The molecule has 0 aromatic carbocycles. The lowest BCUT2D eigenvalue weighted by molar-refractivity contribution is 0.0603. The van der Waals surface area contributed by atoms with Crippen LogP contribution >= 0.6 is 11.3 Å². The Morgan fingerprint density at radius 2 is 1.92 bits per heavy atom. The van der Waals surface area contributed by atoms with E-state index in [9.17, 15) is 4.79 Å². The van der Waals surface area contributed by atoms with Gasteiger partial charge in [0.1, 0.15) is 5.75 Å². The van der Waals surface area contributed by atoms with Crippen molar-refractivity contribution in [2.45, 2.75) is 13.8 Å². The molecule has 1 aromatic heterocycles. The number of hydrogen-bond donors (Lipinski definition) is 0. The van der Waals surface area contributed by atoms with Crippen molar-refractivity contribution < 1.29 is 14.3 Å². The number of thiophene rings is 1. The summed E-state index contributed by atoms with van der Waals surface area (Å²) in [6.07, 6.45) is 0. The van der Waals surface area contributed by atoms with Gasteiger partial charge in [0.25, 0.3) is 0 Å². The van der Waals surface area contributed by atoms with Crippen molar-refractivity contribution in [1.29, 1.82) is 0 Å². The number of rotatable bonds is 2. The Bertz CT molecular complexity index is 328. The number of aryl methyl sites for hydroxylation is 1. The Labute approximate surface area is 81.3 Å². The molecular formula is C9H12O3S. The Balaban J connectivity index is 3.21. The van der Waals surface area contributed by atoms with Gasteiger partial charge in [-0.25, -0.2) is 4.79 Å². The van der Waals surface area contributed by atoms with E-state index in [4.69, 9.17) is 4.74 Å². The highest BCUT2D eigenvalue weighted by Crippen LogP contribution is 2.34. The highest BCUT2D eigenvalue weighted by molar-refractivity contribution is 7.14. The van der Waals surface area contributed by atoms with Gasteiger partial charge >= 0.3 is 5.97 Å². The maximum absolute atomic E-state index is 11.3. The van der Waals surface area contributed by atoms with E-state index in [1.807, 2.05) is 13.8 Å². The summed E-state index contributed by atoms with van der Waals surface area (Å²) >= 11 is 1.40. The molecule has 1 heterocycles. The number of carbonyl (C=O) groups excluding carboxylic acids is 1. The van der Waals surface area contributed by atoms with Crippen LogP contribution in [-0.4, -0.2) is 20.2 Å². The van der Waals surface area contributed by atoms with Gasteiger partial charge in [0.2, 0.25) is 0 Å². The van der Waals surface area contributed by atoms with Crippen molar-refractivity contribution in [3.05, 3.63) is 15.3 Å². The maximum Gasteiger partial charge on any atom is 0.351 e. The number of hydrogen-bond acceptors (Lipinski definition) is 4. The van der Waals surface area contributed by atoms with Crippen molar-refractivity contribution in [1.82, 2.24) is 0 Å². The van der Waals surface area contributed by atoms with Gasteiger partial charge < -0.3 is 9.47 Å². The first-order valence-corrected chi connectivity index (χ1v) is 4.65. The average molecular weight is 200 g/mol. The predicted molar refractivity (Wildman–Crippen MR) is 51.7 cm³/mol. The standard InChI is InChI=1S/C9H12O3S/c1-5-6(2)13-8(7(5)11-3)9(10)12-4/h1-4H3. The van der Waals surface area contributed by atoms with E-state index >= 15 is 0 Å². The van der Waals surface area contributed by atoms with Gasteiger partial charge in [-0.3, -0.25) is 0 Å². The van der Waals surface area contributed by atoms with Crippen LogP contribution in [0.5, 0.6) is 5.75 Å². The summed E-state index contributed by atoms with van der Waals surface area (Å²) < 4.78 is 9.77. The third-order valence-electron chi connectivity index (χ3n) is 1.90. The fourth-order valence-electron chi connectivity index (χ4n) is 1.08. The molecule has 3 nitrogen and oxygen atoms in total. The molecule has 1 rings (SSSR count). The molecule has 0 aliphatic carbocycles. The smallest absolute Gasteiger partial charge is 0.351 e. The van der Waals surface area contributed by atoms with Crippen LogP contribution in [0.25, 0.3) is 0 Å². The molecule has 0 unspecified atom stereocenters. The first-order chi connectivity index (χ1) is 6.11. The summed E-state index contributed by atoms with van der Waals surface area (Å²) in [6, 6.07) is 0. The summed E-state index contributed by atoms with van der Waals surface area (Å²) in [5.74, 6) is 0.299. The summed E-state index contributed by atoms with van der Waals surface area (Å²) in [7, 11) is 2.92. The summed E-state index contributed by atoms with van der Waals surface area (Å²) in [4.78, 5) is 12.9. The normalized spacial score (nSPS) is 9.85. The van der Waals surface area contributed by atoms with Crippen molar-refractivity contribution >= 4 is 17.3 Å². The molecule has 0 radical (unpaired) electrons. The molecule has 0 saturated heterocycles. The van der Waals surface area contributed by atoms with Crippen molar-refractivity contribution in [3.8, 4) is 5.75 Å². The molecule has 72 valence electrons. The van der Waals surface area contributed by atoms with Gasteiger partial charge in [0, 0.05) is 10.4 Å². The first-order valence-electron chi connectivity index (χ1n) is 3.84. The number of carbonyl (C=O) groups is 1. The minimum atomic E-state index is -0.335. The molecular weight excluding hydrogens is 188 g/mol. The zero-order valence-corrected chi connectivity index (χ0v) is 8.95. The van der Waals surface area contributed by atoms with Crippen LogP contribution in [0.2, 0.25) is 0 Å². The second-order valence-corrected chi connectivity index (χ2v) is 3.86. The molecule has 0 atom stereocenters. The topological polar surface area (TPSA) is 35.5 Å². The Morgan fingerprint density at radius 3 is 2.38 bits per heavy atom. The SMILES string of the molecule is COC(=O)c1sc(C)c(C)c1OC. The predicted octanol–water partition coefficient (Wildman–Crippen LogP) is 2.16. The van der Waals surface area contributed by atoms with Gasteiger partial charge in [0.15, 0.2) is 4.88 Å². The summed E-state index contributed by atoms with van der Waals surface area (Å²) in [5, 5.41) is 0. The maximum atomic E-state index is 11.3. The van der Waals surface area contributed by atoms with E-state index in [0.29, 0.717) is 10.6 Å². The number of esters is 1. The van der Waals surface area contributed by atoms with Crippen LogP contribution < -0.4 is 4.74 Å². The molecule has 0 saturated carbocycles. The minimum absolute atomic E-state index is 0.335. The Kier molecular flexibility index (Phi) is 2.93. The number of methoxy groups -OCH3 is 2. The molecule has 0 N–H and O–H groups in total. The first kappa shape index (κ1) is 10.1. The highest BCUT2D eigenvalue weighted by atomic mass is 32.1. The van der Waals surface area contributed by atoms with Crippen molar-refractivity contribution in [2.24, 2.45) is 0 Å². The summed E-state index contributed by atoms with van der Waals surface area (Å²) in [6.45, 7) is 3.88. The van der Waals surface area contributed by atoms with Crippen LogP contribution in [0.15, 0.2) is 0 Å². The van der Waals surface area contributed by atoms with Crippen molar-refractivity contribution in [3.63, 3.8) is 0 Å². The Morgan fingerprint density at radius 1 is 1.31 bits per heavy atom. The molecule has 0 fully saturated rings. The van der Waals surface area contributed by atoms with Crippen molar-refractivity contribution in [2.75, 3.05) is 14.2 Å². The van der Waals surface area contributed by atoms with Crippen LogP contribution in [0.3, 0.4) is 0 Å². The van der Waals surface area contributed by atoms with Gasteiger partial charge in [0.05, 0.1) is 14.2 Å². The molecule has 0 bridgehead atoms. The minimum Gasteiger partial charge on any atom is -0.495 e. The molecule has 0 aliphatic heterocycles. The van der Waals surface area contributed by atoms with Gasteiger partial charge in [-0.05, 0) is 13.8 Å². The molecule has 13 heavy (non-hydrogen) atoms. The zero-order chi connectivity index (χ0) is 10.0. The fourth-order valence-corrected chi connectivity index (χ4v) is 2.13. The third kappa shape index (κ3) is 1.67. The second-order valence-electron chi connectivity index (χ2n) is 2.64. The van der Waals surface area contributed by atoms with Crippen LogP contribution in [0.1, 0.15) is 20.1 Å². The fraction of sp³-hybridized carbons (Fsp3) is 0.444. The van der Waals surface area contributed by atoms with Gasteiger partial charge in [-0.1, -0.05) is 0 Å². The van der Waals surface area contributed by atoms with Crippen LogP contribution in [0.4, 0.5) is 0 Å². The van der Waals surface area contributed by atoms with Gasteiger partial charge in [-0.15, -0.1) is 11.3 Å². The van der Waals surface area contributed by atoms with E-state index in [1.54, 1.807) is 7.11 Å². The highest BCUT2D eigenvalue weighted by Gasteiger charge is 2.19. The Hall–Kier alpha value is -1.03. The molecule has 0 aliphatic rings. The van der Waals surface area contributed by atoms with Crippen LogP contribution in [-0.2, 0) is 4.74 Å². The lowest BCUT2D eigenvalue weighted by Crippen LogP contribution is -2.00. The molecule has 1 aromatic rings. The lowest BCUT2D eigenvalue weighted by atomic mass is 10.2. The zero-order valence-electron chi connectivity index (χ0n) is 8.13. The third-order valence-corrected chi connectivity index (χ3v) is 3.07. The number of ether oxygens (including phenoxy) is 2. The molecule has 0 amide bonds. The monoisotopic (exact) mass is 200 g/mol. The van der Waals surface area contributed by atoms with E-state index in [1.165, 1.54) is 18.4 Å².